The average molecular weight is 444 g/mol. The molecule has 2 aromatic heterocycles. The van der Waals surface area contributed by atoms with Crippen LogP contribution in [0.3, 0.4) is 0 Å². The predicted octanol–water partition coefficient (Wildman–Crippen LogP) is 5.47. The molecule has 0 unspecified atom stereocenters. The molecular weight excluding hydrogens is 425 g/mol. The number of aryl methyl sites for hydroxylation is 1. The van der Waals surface area contributed by atoms with Crippen LogP contribution in [0.25, 0.3) is 21.6 Å². The molecule has 0 aliphatic heterocycles. The Balaban J connectivity index is 1.55. The van der Waals surface area contributed by atoms with E-state index in [9.17, 15) is 18.0 Å². The Bertz CT molecular complexity index is 1250. The quantitative estimate of drug-likeness (QED) is 0.410. The van der Waals surface area contributed by atoms with Crippen molar-refractivity contribution in [2.45, 2.75) is 26.2 Å². The number of nitrogens with zero attached hydrogens (tertiary/aromatic N) is 4. The van der Waals surface area contributed by atoms with Crippen LogP contribution in [0.1, 0.15) is 28.8 Å². The van der Waals surface area contributed by atoms with Crippen molar-refractivity contribution in [1.82, 2.24) is 19.4 Å². The summed E-state index contributed by atoms with van der Waals surface area (Å²) < 4.78 is 41.0. The van der Waals surface area contributed by atoms with Gasteiger partial charge in [-0.25, -0.2) is 9.97 Å². The Kier molecular flexibility index (Phi) is 5.53. The molecule has 0 bridgehead atoms. The standard InChI is InChI=1S/C22H19F3N4OS/c1-3-29-18-10-5-4-9-16(18)26-19(29)12-28(2)21(30)17-13-31-20(27-17)14-7-6-8-15(11-14)22(23,24)25/h4-11,13H,3,12H2,1-2H3. The van der Waals surface area contributed by atoms with Gasteiger partial charge in [-0.3, -0.25) is 4.79 Å². The molecule has 31 heavy (non-hydrogen) atoms. The summed E-state index contributed by atoms with van der Waals surface area (Å²) in [6.07, 6.45) is -4.43. The number of halogens is 3. The highest BCUT2D eigenvalue weighted by atomic mass is 32.1. The Labute approximate surface area is 180 Å². The maximum absolute atomic E-state index is 13.0. The molecule has 1 amide bonds. The maximum atomic E-state index is 13.0. The number of thiazole rings is 1. The number of alkyl halides is 3. The summed E-state index contributed by atoms with van der Waals surface area (Å²) in [6, 6.07) is 12.7. The van der Waals surface area contributed by atoms with E-state index in [-0.39, 0.29) is 18.1 Å². The van der Waals surface area contributed by atoms with E-state index in [0.717, 1.165) is 40.3 Å². The lowest BCUT2D eigenvalue weighted by atomic mass is 10.1. The second-order valence-corrected chi connectivity index (χ2v) is 7.90. The van der Waals surface area contributed by atoms with E-state index >= 15 is 0 Å². The Morgan fingerprint density at radius 2 is 1.90 bits per heavy atom. The third kappa shape index (κ3) is 4.18. The third-order valence-corrected chi connectivity index (χ3v) is 5.83. The molecule has 0 aliphatic rings. The molecule has 0 atom stereocenters. The van der Waals surface area contributed by atoms with E-state index in [1.165, 1.54) is 11.0 Å². The van der Waals surface area contributed by atoms with Gasteiger partial charge in [0.1, 0.15) is 16.5 Å². The maximum Gasteiger partial charge on any atom is 0.416 e. The summed E-state index contributed by atoms with van der Waals surface area (Å²) in [5, 5.41) is 1.93. The molecule has 4 aromatic rings. The molecule has 0 fully saturated rings. The second-order valence-electron chi connectivity index (χ2n) is 7.04. The van der Waals surface area contributed by atoms with Crippen LogP contribution < -0.4 is 0 Å². The van der Waals surface area contributed by atoms with Crippen LogP contribution in [0, 0.1) is 0 Å². The SMILES string of the molecule is CCn1c(CN(C)C(=O)c2csc(-c3cccc(C(F)(F)F)c3)n2)nc2ccccc21. The van der Waals surface area contributed by atoms with Gasteiger partial charge in [0.15, 0.2) is 0 Å². The van der Waals surface area contributed by atoms with Gasteiger partial charge in [-0.1, -0.05) is 24.3 Å². The van der Waals surface area contributed by atoms with Crippen molar-refractivity contribution in [2.75, 3.05) is 7.05 Å². The molecule has 0 saturated heterocycles. The van der Waals surface area contributed by atoms with Gasteiger partial charge in [0.25, 0.3) is 5.91 Å². The van der Waals surface area contributed by atoms with Crippen LogP contribution in [-0.2, 0) is 19.3 Å². The van der Waals surface area contributed by atoms with Crippen LogP contribution in [0.4, 0.5) is 13.2 Å². The summed E-state index contributed by atoms with van der Waals surface area (Å²) in [6.45, 7) is 3.02. The third-order valence-electron chi connectivity index (χ3n) is 4.94. The summed E-state index contributed by atoms with van der Waals surface area (Å²) in [5.74, 6) is 0.442. The summed E-state index contributed by atoms with van der Waals surface area (Å²) in [4.78, 5) is 23.3. The molecule has 160 valence electrons. The topological polar surface area (TPSA) is 51.0 Å². The number of amides is 1. The normalized spacial score (nSPS) is 11.8. The van der Waals surface area contributed by atoms with Crippen molar-refractivity contribution in [3.05, 3.63) is 71.0 Å². The Morgan fingerprint density at radius 3 is 2.65 bits per heavy atom. The zero-order valence-corrected chi connectivity index (χ0v) is 17.7. The first-order chi connectivity index (χ1) is 14.8. The van der Waals surface area contributed by atoms with E-state index in [0.29, 0.717) is 17.1 Å². The molecule has 9 heteroatoms. The van der Waals surface area contributed by atoms with E-state index in [1.807, 2.05) is 35.8 Å². The molecular formula is C22H19F3N4OS. The van der Waals surface area contributed by atoms with Gasteiger partial charge in [0.2, 0.25) is 0 Å². The molecule has 0 radical (unpaired) electrons. The van der Waals surface area contributed by atoms with Crippen LogP contribution in [0.5, 0.6) is 0 Å². The van der Waals surface area contributed by atoms with Gasteiger partial charge in [-0.15, -0.1) is 11.3 Å². The van der Waals surface area contributed by atoms with Gasteiger partial charge in [0, 0.05) is 24.5 Å². The van der Waals surface area contributed by atoms with E-state index in [4.69, 9.17) is 0 Å². The molecule has 4 rings (SSSR count). The van der Waals surface area contributed by atoms with Gasteiger partial charge in [-0.05, 0) is 31.2 Å². The fourth-order valence-electron chi connectivity index (χ4n) is 3.41. The average Bonchev–Trinajstić information content (AvgIpc) is 3.37. The summed E-state index contributed by atoms with van der Waals surface area (Å²) >= 11 is 1.14. The molecule has 2 heterocycles. The van der Waals surface area contributed by atoms with E-state index < -0.39 is 11.7 Å². The highest BCUT2D eigenvalue weighted by Gasteiger charge is 2.30. The monoisotopic (exact) mass is 444 g/mol. The number of carbonyl (C=O) groups is 1. The van der Waals surface area contributed by atoms with E-state index in [2.05, 4.69) is 9.97 Å². The van der Waals surface area contributed by atoms with Crippen molar-refractivity contribution in [1.29, 1.82) is 0 Å². The minimum absolute atomic E-state index is 0.194. The molecule has 2 aromatic carbocycles. The highest BCUT2D eigenvalue weighted by molar-refractivity contribution is 7.13. The highest BCUT2D eigenvalue weighted by Crippen LogP contribution is 2.33. The fourth-order valence-corrected chi connectivity index (χ4v) is 4.20. The molecule has 0 N–H and O–H groups in total. The lowest BCUT2D eigenvalue weighted by molar-refractivity contribution is -0.137. The van der Waals surface area contributed by atoms with Crippen molar-refractivity contribution in [2.24, 2.45) is 0 Å². The van der Waals surface area contributed by atoms with Crippen LogP contribution in [0.15, 0.2) is 53.9 Å². The van der Waals surface area contributed by atoms with Crippen molar-refractivity contribution in [3.8, 4) is 10.6 Å². The first-order valence-corrected chi connectivity index (χ1v) is 10.5. The van der Waals surface area contributed by atoms with Crippen molar-refractivity contribution >= 4 is 28.3 Å². The molecule has 0 spiro atoms. The van der Waals surface area contributed by atoms with Gasteiger partial charge >= 0.3 is 6.18 Å². The molecule has 0 saturated carbocycles. The van der Waals surface area contributed by atoms with Gasteiger partial charge in [0.05, 0.1) is 23.1 Å². The second kappa shape index (κ2) is 8.14. The van der Waals surface area contributed by atoms with Gasteiger partial charge in [-0.2, -0.15) is 13.2 Å². The number of hydrogen-bond donors (Lipinski definition) is 0. The summed E-state index contributed by atoms with van der Waals surface area (Å²) in [7, 11) is 1.66. The van der Waals surface area contributed by atoms with Gasteiger partial charge < -0.3 is 9.47 Å². The predicted molar refractivity (Wildman–Crippen MR) is 114 cm³/mol. The fraction of sp³-hybridized carbons (Fsp3) is 0.227. The lowest BCUT2D eigenvalue weighted by Crippen LogP contribution is -2.28. The number of para-hydroxylation sites is 2. The zero-order valence-electron chi connectivity index (χ0n) is 16.8. The number of fused-ring (bicyclic) bond motifs is 1. The van der Waals surface area contributed by atoms with Crippen LogP contribution in [0.2, 0.25) is 0 Å². The number of rotatable bonds is 5. The van der Waals surface area contributed by atoms with Crippen molar-refractivity contribution < 1.29 is 18.0 Å². The summed E-state index contributed by atoms with van der Waals surface area (Å²) in [5.41, 5.74) is 1.64. The number of benzene rings is 2. The first-order valence-electron chi connectivity index (χ1n) is 9.60. The largest absolute Gasteiger partial charge is 0.416 e. The molecule has 0 aliphatic carbocycles. The Hall–Kier alpha value is -3.20. The van der Waals surface area contributed by atoms with E-state index in [1.54, 1.807) is 18.5 Å². The van der Waals surface area contributed by atoms with Crippen LogP contribution >= 0.6 is 11.3 Å². The minimum atomic E-state index is -4.43. The molecule has 5 nitrogen and oxygen atoms in total. The smallest absolute Gasteiger partial charge is 0.333 e. The van der Waals surface area contributed by atoms with Crippen molar-refractivity contribution in [3.63, 3.8) is 0 Å². The first kappa shape index (κ1) is 21.0. The lowest BCUT2D eigenvalue weighted by Gasteiger charge is -2.16. The number of imidazole rings is 1. The number of hydrogen-bond acceptors (Lipinski definition) is 4. The minimum Gasteiger partial charge on any atom is -0.333 e. The Morgan fingerprint density at radius 1 is 1.13 bits per heavy atom. The number of carbonyl (C=O) groups excluding carboxylic acids is 1. The number of aromatic nitrogens is 3. The zero-order chi connectivity index (χ0) is 22.2. The van der Waals surface area contributed by atoms with Crippen LogP contribution in [-0.4, -0.2) is 32.4 Å².